The Morgan fingerprint density at radius 2 is 2.40 bits per heavy atom. The van der Waals surface area contributed by atoms with Gasteiger partial charge >= 0.3 is 0 Å². The minimum absolute atomic E-state index is 0.562. The van der Waals surface area contributed by atoms with Crippen molar-refractivity contribution < 1.29 is 0 Å². The largest absolute Gasteiger partial charge is 0.325 e. The Morgan fingerprint density at radius 1 is 1.53 bits per heavy atom. The first-order chi connectivity index (χ1) is 7.38. The summed E-state index contributed by atoms with van der Waals surface area (Å²) in [5, 5.41) is 6.55. The van der Waals surface area contributed by atoms with E-state index < -0.39 is 0 Å². The quantitative estimate of drug-likeness (QED) is 0.697. The average molecular weight is 225 g/mol. The lowest BCUT2D eigenvalue weighted by Crippen LogP contribution is -2.15. The fourth-order valence-electron chi connectivity index (χ4n) is 1.66. The molecule has 84 valence electrons. The van der Waals surface area contributed by atoms with Crippen LogP contribution in [0, 0.1) is 5.92 Å². The van der Waals surface area contributed by atoms with Gasteiger partial charge in [-0.05, 0) is 25.3 Å². The Hall–Kier alpha value is -0.450. The number of hydrogen-bond donors (Lipinski definition) is 2. The number of aromatic nitrogens is 1. The van der Waals surface area contributed by atoms with Crippen LogP contribution in [0.3, 0.4) is 0 Å². The van der Waals surface area contributed by atoms with Gasteiger partial charge in [0.1, 0.15) is 5.01 Å². The zero-order valence-electron chi connectivity index (χ0n) is 9.04. The molecule has 0 bridgehead atoms. The van der Waals surface area contributed by atoms with Gasteiger partial charge < -0.3 is 11.1 Å². The summed E-state index contributed by atoms with van der Waals surface area (Å²) >= 11 is 1.65. The maximum Gasteiger partial charge on any atom is 0.106 e. The van der Waals surface area contributed by atoms with E-state index >= 15 is 0 Å². The van der Waals surface area contributed by atoms with E-state index in [1.54, 1.807) is 11.3 Å². The van der Waals surface area contributed by atoms with Crippen molar-refractivity contribution in [3.05, 3.63) is 16.1 Å². The van der Waals surface area contributed by atoms with E-state index in [2.05, 4.69) is 15.7 Å². The van der Waals surface area contributed by atoms with Crippen LogP contribution in [0.2, 0.25) is 0 Å². The van der Waals surface area contributed by atoms with Gasteiger partial charge in [-0.1, -0.05) is 12.8 Å². The molecule has 4 heteroatoms. The molecule has 1 heterocycles. The molecule has 1 aliphatic rings. The highest BCUT2D eigenvalue weighted by molar-refractivity contribution is 7.09. The van der Waals surface area contributed by atoms with Crippen molar-refractivity contribution in [3.63, 3.8) is 0 Å². The van der Waals surface area contributed by atoms with E-state index in [9.17, 15) is 0 Å². The van der Waals surface area contributed by atoms with E-state index in [1.165, 1.54) is 25.7 Å². The second-order valence-electron chi connectivity index (χ2n) is 4.20. The summed E-state index contributed by atoms with van der Waals surface area (Å²) in [5.74, 6) is 1.05. The monoisotopic (exact) mass is 225 g/mol. The Kier molecular flexibility index (Phi) is 4.11. The van der Waals surface area contributed by atoms with Crippen LogP contribution in [0.5, 0.6) is 0 Å². The predicted octanol–water partition coefficient (Wildman–Crippen LogP) is 1.88. The molecule has 0 unspecified atom stereocenters. The number of hydrogen-bond acceptors (Lipinski definition) is 4. The first-order valence-electron chi connectivity index (χ1n) is 5.72. The van der Waals surface area contributed by atoms with E-state index in [0.717, 1.165) is 29.7 Å². The van der Waals surface area contributed by atoms with Crippen LogP contribution in [-0.2, 0) is 13.1 Å². The Morgan fingerprint density at radius 3 is 3.07 bits per heavy atom. The molecule has 0 aromatic carbocycles. The third-order valence-corrected chi connectivity index (χ3v) is 3.66. The predicted molar refractivity (Wildman–Crippen MR) is 63.7 cm³/mol. The van der Waals surface area contributed by atoms with Crippen molar-refractivity contribution in [2.75, 3.05) is 6.54 Å². The Balaban J connectivity index is 1.56. The van der Waals surface area contributed by atoms with Crippen LogP contribution >= 0.6 is 11.3 Å². The fraction of sp³-hybridized carbons (Fsp3) is 0.727. The molecule has 1 fully saturated rings. The number of nitrogens with one attached hydrogen (secondary N) is 1. The van der Waals surface area contributed by atoms with E-state index in [-0.39, 0.29) is 0 Å². The van der Waals surface area contributed by atoms with Crippen LogP contribution in [0.15, 0.2) is 5.38 Å². The van der Waals surface area contributed by atoms with Gasteiger partial charge in [0.25, 0.3) is 0 Å². The lowest BCUT2D eigenvalue weighted by Gasteiger charge is -2.01. The average Bonchev–Trinajstić information content (AvgIpc) is 2.96. The van der Waals surface area contributed by atoms with Gasteiger partial charge in [0.05, 0.1) is 5.69 Å². The first kappa shape index (κ1) is 11.0. The Labute approximate surface area is 95.1 Å². The van der Waals surface area contributed by atoms with Crippen molar-refractivity contribution >= 4 is 11.3 Å². The highest BCUT2D eigenvalue weighted by Crippen LogP contribution is 2.33. The van der Waals surface area contributed by atoms with Crippen LogP contribution in [0.1, 0.15) is 36.4 Å². The zero-order chi connectivity index (χ0) is 10.5. The molecule has 0 amide bonds. The van der Waals surface area contributed by atoms with Crippen molar-refractivity contribution in [3.8, 4) is 0 Å². The first-order valence-corrected chi connectivity index (χ1v) is 6.60. The minimum Gasteiger partial charge on any atom is -0.325 e. The fourth-order valence-corrected chi connectivity index (χ4v) is 2.34. The van der Waals surface area contributed by atoms with Crippen molar-refractivity contribution in [2.24, 2.45) is 11.7 Å². The van der Waals surface area contributed by atoms with E-state index in [4.69, 9.17) is 5.73 Å². The normalized spacial score (nSPS) is 15.8. The van der Waals surface area contributed by atoms with Gasteiger partial charge in [0.15, 0.2) is 0 Å². The molecule has 0 radical (unpaired) electrons. The molecule has 0 spiro atoms. The van der Waals surface area contributed by atoms with Gasteiger partial charge in [0, 0.05) is 18.5 Å². The lowest BCUT2D eigenvalue weighted by atomic mass is 10.2. The second-order valence-corrected chi connectivity index (χ2v) is 5.14. The van der Waals surface area contributed by atoms with Gasteiger partial charge in [-0.25, -0.2) is 4.98 Å². The standard InChI is InChI=1S/C11H19N3S/c12-6-11-14-10(8-15-11)7-13-5-1-2-9-3-4-9/h8-9,13H,1-7,12H2. The topological polar surface area (TPSA) is 50.9 Å². The maximum atomic E-state index is 5.51. The second kappa shape index (κ2) is 5.58. The summed E-state index contributed by atoms with van der Waals surface area (Å²) in [5.41, 5.74) is 6.64. The zero-order valence-corrected chi connectivity index (χ0v) is 9.85. The summed E-state index contributed by atoms with van der Waals surface area (Å²) in [6.07, 6.45) is 5.63. The summed E-state index contributed by atoms with van der Waals surface area (Å²) in [7, 11) is 0. The smallest absolute Gasteiger partial charge is 0.106 e. The maximum absolute atomic E-state index is 5.51. The van der Waals surface area contributed by atoms with Crippen LogP contribution in [0.25, 0.3) is 0 Å². The van der Waals surface area contributed by atoms with Gasteiger partial charge in [-0.2, -0.15) is 0 Å². The number of rotatable bonds is 7. The summed E-state index contributed by atoms with van der Waals surface area (Å²) in [6, 6.07) is 0. The van der Waals surface area contributed by atoms with E-state index in [0.29, 0.717) is 6.54 Å². The SMILES string of the molecule is NCc1nc(CNCCCC2CC2)cs1. The van der Waals surface area contributed by atoms with Crippen LogP contribution < -0.4 is 11.1 Å². The number of thiazole rings is 1. The van der Waals surface area contributed by atoms with Crippen LogP contribution in [0.4, 0.5) is 0 Å². The number of nitrogens with zero attached hydrogens (tertiary/aromatic N) is 1. The highest BCUT2D eigenvalue weighted by Gasteiger charge is 2.19. The molecule has 2 rings (SSSR count). The van der Waals surface area contributed by atoms with Gasteiger partial charge in [-0.3, -0.25) is 0 Å². The molecule has 15 heavy (non-hydrogen) atoms. The molecule has 3 N–H and O–H groups in total. The third kappa shape index (κ3) is 3.89. The molecular formula is C11H19N3S. The minimum atomic E-state index is 0.562. The highest BCUT2D eigenvalue weighted by atomic mass is 32.1. The summed E-state index contributed by atoms with van der Waals surface area (Å²) in [6.45, 7) is 2.57. The summed E-state index contributed by atoms with van der Waals surface area (Å²) < 4.78 is 0. The van der Waals surface area contributed by atoms with E-state index in [1.807, 2.05) is 0 Å². The van der Waals surface area contributed by atoms with Crippen molar-refractivity contribution in [1.82, 2.24) is 10.3 Å². The van der Waals surface area contributed by atoms with Crippen molar-refractivity contribution in [2.45, 2.75) is 38.8 Å². The Bertz CT molecular complexity index is 294. The summed E-state index contributed by atoms with van der Waals surface area (Å²) in [4.78, 5) is 4.40. The molecule has 1 aliphatic carbocycles. The molecule has 0 atom stereocenters. The van der Waals surface area contributed by atoms with Gasteiger partial charge in [-0.15, -0.1) is 11.3 Å². The molecule has 1 aromatic heterocycles. The molecular weight excluding hydrogens is 206 g/mol. The molecule has 3 nitrogen and oxygen atoms in total. The molecule has 1 saturated carbocycles. The number of nitrogens with two attached hydrogens (primary N) is 1. The van der Waals surface area contributed by atoms with Crippen LogP contribution in [-0.4, -0.2) is 11.5 Å². The van der Waals surface area contributed by atoms with Crippen molar-refractivity contribution in [1.29, 1.82) is 0 Å². The molecule has 0 saturated heterocycles. The lowest BCUT2D eigenvalue weighted by molar-refractivity contribution is 0.590. The molecule has 1 aromatic rings. The van der Waals surface area contributed by atoms with Gasteiger partial charge in [0.2, 0.25) is 0 Å². The molecule has 0 aliphatic heterocycles. The third-order valence-electron chi connectivity index (χ3n) is 2.74.